The van der Waals surface area contributed by atoms with Gasteiger partial charge in [0, 0.05) is 17.8 Å². The quantitative estimate of drug-likeness (QED) is 0.750. The van der Waals surface area contributed by atoms with Gasteiger partial charge in [-0.25, -0.2) is 9.07 Å². The maximum absolute atomic E-state index is 14.0. The van der Waals surface area contributed by atoms with Crippen molar-refractivity contribution in [1.29, 1.82) is 0 Å². The summed E-state index contributed by atoms with van der Waals surface area (Å²) in [6, 6.07) is 13.7. The average molecular weight is 366 g/mol. The van der Waals surface area contributed by atoms with Gasteiger partial charge in [0.2, 0.25) is 5.91 Å². The fraction of sp³-hybridized carbons (Fsp3) is 0.263. The van der Waals surface area contributed by atoms with Crippen molar-refractivity contribution in [2.24, 2.45) is 0 Å². The molecule has 2 aromatic carbocycles. The highest BCUT2D eigenvalue weighted by molar-refractivity contribution is 5.95. The molecule has 1 aromatic heterocycles. The van der Waals surface area contributed by atoms with E-state index in [1.807, 2.05) is 35.2 Å². The van der Waals surface area contributed by atoms with Gasteiger partial charge in [-0.05, 0) is 54.1 Å². The van der Waals surface area contributed by atoms with Gasteiger partial charge in [0.25, 0.3) is 0 Å². The number of tetrazole rings is 1. The van der Waals surface area contributed by atoms with Crippen LogP contribution in [0.4, 0.5) is 10.1 Å². The van der Waals surface area contributed by atoms with Crippen molar-refractivity contribution in [2.75, 3.05) is 11.9 Å². The zero-order valence-corrected chi connectivity index (χ0v) is 14.6. The lowest BCUT2D eigenvalue weighted by molar-refractivity contribution is -0.120. The third kappa shape index (κ3) is 3.85. The number of nitrogens with one attached hydrogen (secondary N) is 1. The number of anilines is 1. The average Bonchev–Trinajstić information content (AvgIpc) is 3.36. The van der Waals surface area contributed by atoms with E-state index in [-0.39, 0.29) is 17.8 Å². The van der Waals surface area contributed by atoms with Crippen LogP contribution in [0.5, 0.6) is 0 Å². The predicted octanol–water partition coefficient (Wildman–Crippen LogP) is 2.40. The van der Waals surface area contributed by atoms with Gasteiger partial charge < -0.3 is 5.32 Å². The van der Waals surface area contributed by atoms with Crippen LogP contribution in [0.15, 0.2) is 54.9 Å². The fourth-order valence-corrected chi connectivity index (χ4v) is 3.39. The summed E-state index contributed by atoms with van der Waals surface area (Å²) in [5, 5.41) is 14.0. The zero-order chi connectivity index (χ0) is 18.6. The molecule has 7 nitrogen and oxygen atoms in total. The summed E-state index contributed by atoms with van der Waals surface area (Å²) in [7, 11) is 0. The summed E-state index contributed by atoms with van der Waals surface area (Å²) in [6.45, 7) is 1.20. The molecule has 2 heterocycles. The minimum absolute atomic E-state index is 0.0855. The maximum atomic E-state index is 14.0. The van der Waals surface area contributed by atoms with Gasteiger partial charge in [0.15, 0.2) is 0 Å². The van der Waals surface area contributed by atoms with Crippen molar-refractivity contribution in [3.8, 4) is 5.69 Å². The van der Waals surface area contributed by atoms with E-state index in [9.17, 15) is 9.18 Å². The van der Waals surface area contributed by atoms with Gasteiger partial charge in [-0.1, -0.05) is 24.3 Å². The van der Waals surface area contributed by atoms with Crippen molar-refractivity contribution < 1.29 is 9.18 Å². The van der Waals surface area contributed by atoms with Gasteiger partial charge in [-0.2, -0.15) is 0 Å². The first-order chi connectivity index (χ1) is 13.2. The van der Waals surface area contributed by atoms with Gasteiger partial charge in [0.1, 0.15) is 12.1 Å². The number of aromatic nitrogens is 4. The number of hydrogen-bond acceptors (Lipinski definition) is 5. The van der Waals surface area contributed by atoms with Crippen LogP contribution in [0.2, 0.25) is 0 Å². The van der Waals surface area contributed by atoms with E-state index < -0.39 is 0 Å². The standard InChI is InChI=1S/C19H19FN6O/c20-17-8-2-1-5-14(17)12-25-10-4-9-18(25)19(27)22-15-6-3-7-16(11-15)26-13-21-23-24-26/h1-3,5-8,11,13,18H,4,9-10,12H2,(H,22,27). The van der Waals surface area contributed by atoms with Crippen molar-refractivity contribution >= 4 is 11.6 Å². The Kier molecular flexibility index (Phi) is 4.88. The normalized spacial score (nSPS) is 17.1. The molecule has 1 amide bonds. The summed E-state index contributed by atoms with van der Waals surface area (Å²) in [6.07, 6.45) is 3.16. The number of nitrogens with zero attached hydrogens (tertiary/aromatic N) is 5. The molecule has 0 radical (unpaired) electrons. The lowest BCUT2D eigenvalue weighted by Gasteiger charge is -2.24. The Morgan fingerprint density at radius 3 is 2.93 bits per heavy atom. The van der Waals surface area contributed by atoms with E-state index in [4.69, 9.17) is 0 Å². The Morgan fingerprint density at radius 1 is 1.22 bits per heavy atom. The number of rotatable bonds is 5. The summed E-state index contributed by atoms with van der Waals surface area (Å²) in [5.74, 6) is -0.324. The molecule has 138 valence electrons. The first-order valence-electron chi connectivity index (χ1n) is 8.82. The number of carbonyl (C=O) groups is 1. The van der Waals surface area contributed by atoms with E-state index in [1.54, 1.807) is 12.1 Å². The summed E-state index contributed by atoms with van der Waals surface area (Å²) in [4.78, 5) is 14.8. The second-order valence-electron chi connectivity index (χ2n) is 6.51. The molecule has 0 saturated carbocycles. The topological polar surface area (TPSA) is 75.9 Å². The largest absolute Gasteiger partial charge is 0.325 e. The number of amides is 1. The molecule has 0 bridgehead atoms. The van der Waals surface area contributed by atoms with Crippen LogP contribution in [0.1, 0.15) is 18.4 Å². The van der Waals surface area contributed by atoms with Crippen LogP contribution >= 0.6 is 0 Å². The van der Waals surface area contributed by atoms with Crippen LogP contribution < -0.4 is 5.32 Å². The molecule has 1 fully saturated rings. The lowest BCUT2D eigenvalue weighted by atomic mass is 10.1. The fourth-order valence-electron chi connectivity index (χ4n) is 3.39. The lowest BCUT2D eigenvalue weighted by Crippen LogP contribution is -2.39. The number of hydrogen-bond donors (Lipinski definition) is 1. The third-order valence-corrected chi connectivity index (χ3v) is 4.72. The Labute approximate surface area is 155 Å². The van der Waals surface area contributed by atoms with Gasteiger partial charge >= 0.3 is 0 Å². The monoisotopic (exact) mass is 366 g/mol. The predicted molar refractivity (Wildman–Crippen MR) is 97.6 cm³/mol. The maximum Gasteiger partial charge on any atom is 0.241 e. The molecule has 0 spiro atoms. The summed E-state index contributed by atoms with van der Waals surface area (Å²) in [5.41, 5.74) is 2.04. The highest BCUT2D eigenvalue weighted by Crippen LogP contribution is 2.23. The van der Waals surface area contributed by atoms with E-state index in [0.29, 0.717) is 17.8 Å². The Hall–Kier alpha value is -3.13. The molecular weight excluding hydrogens is 347 g/mol. The molecule has 3 aromatic rings. The molecule has 1 N–H and O–H groups in total. The summed E-state index contributed by atoms with van der Waals surface area (Å²) < 4.78 is 15.5. The second-order valence-corrected chi connectivity index (χ2v) is 6.51. The SMILES string of the molecule is O=C(Nc1cccc(-n2cnnn2)c1)C1CCCN1Cc1ccccc1F. The molecule has 1 unspecified atom stereocenters. The van der Waals surface area contributed by atoms with Crippen molar-refractivity contribution in [1.82, 2.24) is 25.1 Å². The number of benzene rings is 2. The molecule has 1 aliphatic rings. The molecule has 1 saturated heterocycles. The Balaban J connectivity index is 1.46. The summed E-state index contributed by atoms with van der Waals surface area (Å²) >= 11 is 0. The van der Waals surface area contributed by atoms with Crippen LogP contribution in [0.25, 0.3) is 5.69 Å². The molecule has 1 aliphatic heterocycles. The van der Waals surface area contributed by atoms with Crippen LogP contribution in [0, 0.1) is 5.82 Å². The molecule has 27 heavy (non-hydrogen) atoms. The zero-order valence-electron chi connectivity index (χ0n) is 14.6. The van der Waals surface area contributed by atoms with E-state index in [1.165, 1.54) is 17.1 Å². The van der Waals surface area contributed by atoms with Crippen molar-refractivity contribution in [2.45, 2.75) is 25.4 Å². The van der Waals surface area contributed by atoms with E-state index in [2.05, 4.69) is 20.8 Å². The first-order valence-corrected chi connectivity index (χ1v) is 8.82. The van der Waals surface area contributed by atoms with Crippen LogP contribution in [-0.2, 0) is 11.3 Å². The third-order valence-electron chi connectivity index (χ3n) is 4.72. The molecule has 0 aliphatic carbocycles. The Bertz CT molecular complexity index is 929. The highest BCUT2D eigenvalue weighted by atomic mass is 19.1. The molecule has 1 atom stereocenters. The van der Waals surface area contributed by atoms with Crippen LogP contribution in [0.3, 0.4) is 0 Å². The number of halogens is 1. The molecule has 8 heteroatoms. The number of likely N-dealkylation sites (tertiary alicyclic amines) is 1. The van der Waals surface area contributed by atoms with Gasteiger partial charge in [-0.15, -0.1) is 5.10 Å². The highest BCUT2D eigenvalue weighted by Gasteiger charge is 2.31. The Morgan fingerprint density at radius 2 is 2.11 bits per heavy atom. The van der Waals surface area contributed by atoms with E-state index >= 15 is 0 Å². The van der Waals surface area contributed by atoms with Gasteiger partial charge in [0.05, 0.1) is 11.7 Å². The number of carbonyl (C=O) groups excluding carboxylic acids is 1. The molecular formula is C19H19FN6O. The van der Waals surface area contributed by atoms with Crippen molar-refractivity contribution in [3.05, 3.63) is 66.2 Å². The van der Waals surface area contributed by atoms with Gasteiger partial charge in [-0.3, -0.25) is 9.69 Å². The van der Waals surface area contributed by atoms with E-state index in [0.717, 1.165) is 25.1 Å². The first kappa shape index (κ1) is 17.3. The molecule has 4 rings (SSSR count). The second kappa shape index (κ2) is 7.63. The smallest absolute Gasteiger partial charge is 0.241 e. The minimum atomic E-state index is -0.277. The van der Waals surface area contributed by atoms with Crippen LogP contribution in [-0.4, -0.2) is 43.6 Å². The van der Waals surface area contributed by atoms with Crippen molar-refractivity contribution in [3.63, 3.8) is 0 Å². The minimum Gasteiger partial charge on any atom is -0.325 e.